The first-order valence-corrected chi connectivity index (χ1v) is 9.11. The summed E-state index contributed by atoms with van der Waals surface area (Å²) < 4.78 is 0. The van der Waals surface area contributed by atoms with Gasteiger partial charge in [0, 0.05) is 39.3 Å². The molecule has 4 rings (SSSR count). The largest absolute Gasteiger partial charge is 0.354 e. The van der Waals surface area contributed by atoms with Crippen LogP contribution in [0.2, 0.25) is 0 Å². The Morgan fingerprint density at radius 3 is 2.96 bits per heavy atom. The van der Waals surface area contributed by atoms with Crippen LogP contribution in [0.1, 0.15) is 18.2 Å². The van der Waals surface area contributed by atoms with Crippen LogP contribution in [-0.2, 0) is 12.8 Å². The van der Waals surface area contributed by atoms with Crippen molar-refractivity contribution in [2.75, 3.05) is 11.9 Å². The third-order valence-corrected chi connectivity index (χ3v) is 5.11. The van der Waals surface area contributed by atoms with Gasteiger partial charge in [0.2, 0.25) is 0 Å². The van der Waals surface area contributed by atoms with Crippen molar-refractivity contribution in [3.63, 3.8) is 0 Å². The van der Waals surface area contributed by atoms with E-state index in [1.54, 1.807) is 11.3 Å². The Bertz CT molecular complexity index is 999. The second-order valence-electron chi connectivity index (χ2n) is 5.89. The summed E-state index contributed by atoms with van der Waals surface area (Å²) in [6.45, 7) is 2.82. The number of nitrogens with two attached hydrogens (primary N) is 1. The maximum atomic E-state index is 5.59. The van der Waals surface area contributed by atoms with E-state index >= 15 is 0 Å². The van der Waals surface area contributed by atoms with Crippen LogP contribution in [0.4, 0.5) is 10.8 Å². The van der Waals surface area contributed by atoms with Crippen molar-refractivity contribution in [3.05, 3.63) is 53.0 Å². The number of nitrogens with one attached hydrogen (secondary N) is 2. The molecule has 0 aliphatic rings. The van der Waals surface area contributed by atoms with Crippen molar-refractivity contribution in [3.8, 4) is 0 Å². The second kappa shape index (κ2) is 6.26. The number of hydrogen-bond donors (Lipinski definition) is 3. The molecule has 5 heteroatoms. The van der Waals surface area contributed by atoms with Crippen molar-refractivity contribution in [2.24, 2.45) is 5.73 Å². The molecule has 0 radical (unpaired) electrons. The molecule has 4 aromatic rings. The minimum Gasteiger partial charge on any atom is -0.354 e. The van der Waals surface area contributed by atoms with Crippen LogP contribution in [0, 0.1) is 0 Å². The van der Waals surface area contributed by atoms with Gasteiger partial charge in [-0.05, 0) is 30.7 Å². The lowest BCUT2D eigenvalue weighted by molar-refractivity contribution is 0.936. The Hall–Kier alpha value is -2.37. The first-order valence-electron chi connectivity index (χ1n) is 8.23. The number of H-pyrrole nitrogens is 1. The molecule has 24 heavy (non-hydrogen) atoms. The number of thiazole rings is 1. The standard InChI is InChI=1S/C19H20N4S/c1-2-12-4-3-5-16-15-7-6-13(10-17(15)23-18(12)16)21-19-22-14(8-9-20)11-24-19/h3-7,10-11,23H,2,8-9,20H2,1H3,(H,21,22). The van der Waals surface area contributed by atoms with Gasteiger partial charge in [-0.1, -0.05) is 31.2 Å². The summed E-state index contributed by atoms with van der Waals surface area (Å²) in [6.07, 6.45) is 1.84. The van der Waals surface area contributed by atoms with Crippen LogP contribution >= 0.6 is 11.3 Å². The Morgan fingerprint density at radius 1 is 1.21 bits per heavy atom. The first kappa shape index (κ1) is 15.2. The SMILES string of the molecule is CCc1cccc2c1[nH]c1cc(Nc3nc(CCN)cs3)ccc12. The Kier molecular flexibility index (Phi) is 3.96. The van der Waals surface area contributed by atoms with Crippen molar-refractivity contribution in [1.29, 1.82) is 0 Å². The third kappa shape index (κ3) is 2.66. The van der Waals surface area contributed by atoms with Gasteiger partial charge in [0.05, 0.1) is 5.69 Å². The summed E-state index contributed by atoms with van der Waals surface area (Å²) in [5.74, 6) is 0. The Labute approximate surface area is 144 Å². The predicted octanol–water partition coefficient (Wildman–Crippen LogP) is 4.58. The maximum absolute atomic E-state index is 5.59. The topological polar surface area (TPSA) is 66.7 Å². The van der Waals surface area contributed by atoms with E-state index in [1.165, 1.54) is 21.9 Å². The number of para-hydroxylation sites is 1. The molecular formula is C19H20N4S. The molecule has 0 saturated carbocycles. The van der Waals surface area contributed by atoms with Gasteiger partial charge in [0.25, 0.3) is 0 Å². The molecule has 2 aromatic carbocycles. The second-order valence-corrected chi connectivity index (χ2v) is 6.74. The first-order chi connectivity index (χ1) is 11.8. The number of benzene rings is 2. The summed E-state index contributed by atoms with van der Waals surface area (Å²) in [5.41, 5.74) is 11.4. The molecule has 0 amide bonds. The van der Waals surface area contributed by atoms with Crippen molar-refractivity contribution >= 4 is 44.0 Å². The molecular weight excluding hydrogens is 316 g/mol. The number of aromatic nitrogens is 2. The zero-order chi connectivity index (χ0) is 16.5. The minimum atomic E-state index is 0.629. The smallest absolute Gasteiger partial charge is 0.187 e. The molecule has 0 spiro atoms. The summed E-state index contributed by atoms with van der Waals surface area (Å²) in [5, 5.41) is 8.91. The van der Waals surface area contributed by atoms with E-state index < -0.39 is 0 Å². The van der Waals surface area contributed by atoms with E-state index in [9.17, 15) is 0 Å². The minimum absolute atomic E-state index is 0.629. The van der Waals surface area contributed by atoms with E-state index in [2.05, 4.69) is 64.0 Å². The zero-order valence-electron chi connectivity index (χ0n) is 13.6. The van der Waals surface area contributed by atoms with E-state index in [4.69, 9.17) is 5.73 Å². The highest BCUT2D eigenvalue weighted by Gasteiger charge is 2.08. The summed E-state index contributed by atoms with van der Waals surface area (Å²) in [6, 6.07) is 12.9. The van der Waals surface area contributed by atoms with Crippen LogP contribution in [-0.4, -0.2) is 16.5 Å². The molecule has 0 fully saturated rings. The number of fused-ring (bicyclic) bond motifs is 3. The van der Waals surface area contributed by atoms with Crippen molar-refractivity contribution in [2.45, 2.75) is 19.8 Å². The Morgan fingerprint density at radius 2 is 2.12 bits per heavy atom. The molecule has 0 aliphatic carbocycles. The van der Waals surface area contributed by atoms with E-state index in [-0.39, 0.29) is 0 Å². The molecule has 2 aromatic heterocycles. The van der Waals surface area contributed by atoms with Gasteiger partial charge in [-0.25, -0.2) is 4.98 Å². The molecule has 0 bridgehead atoms. The predicted molar refractivity (Wildman–Crippen MR) is 103 cm³/mol. The average Bonchev–Trinajstić information content (AvgIpc) is 3.18. The lowest BCUT2D eigenvalue weighted by Gasteiger charge is -2.02. The van der Waals surface area contributed by atoms with Gasteiger partial charge in [-0.2, -0.15) is 0 Å². The molecule has 4 nitrogen and oxygen atoms in total. The zero-order valence-corrected chi connectivity index (χ0v) is 14.4. The molecule has 4 N–H and O–H groups in total. The number of nitrogens with zero attached hydrogens (tertiary/aromatic N) is 1. The number of aryl methyl sites for hydroxylation is 1. The van der Waals surface area contributed by atoms with Gasteiger partial charge in [0.15, 0.2) is 5.13 Å². The normalized spacial score (nSPS) is 11.4. The monoisotopic (exact) mass is 336 g/mol. The fourth-order valence-electron chi connectivity index (χ4n) is 3.11. The van der Waals surface area contributed by atoms with E-state index in [0.717, 1.165) is 34.9 Å². The number of rotatable bonds is 5. The van der Waals surface area contributed by atoms with Gasteiger partial charge >= 0.3 is 0 Å². The van der Waals surface area contributed by atoms with Gasteiger partial charge in [-0.3, -0.25) is 0 Å². The van der Waals surface area contributed by atoms with Gasteiger partial charge < -0.3 is 16.0 Å². The van der Waals surface area contributed by atoms with E-state index in [0.29, 0.717) is 6.54 Å². The molecule has 0 atom stereocenters. The highest BCUT2D eigenvalue weighted by atomic mass is 32.1. The molecule has 0 aliphatic heterocycles. The van der Waals surface area contributed by atoms with Crippen LogP contribution in [0.5, 0.6) is 0 Å². The average molecular weight is 336 g/mol. The van der Waals surface area contributed by atoms with Crippen molar-refractivity contribution in [1.82, 2.24) is 9.97 Å². The Balaban J connectivity index is 1.71. The number of anilines is 2. The van der Waals surface area contributed by atoms with Crippen LogP contribution in [0.3, 0.4) is 0 Å². The molecule has 0 saturated heterocycles. The quantitative estimate of drug-likeness (QED) is 0.499. The lowest BCUT2D eigenvalue weighted by atomic mass is 10.1. The molecule has 0 unspecified atom stereocenters. The number of aromatic amines is 1. The van der Waals surface area contributed by atoms with Crippen molar-refractivity contribution < 1.29 is 0 Å². The summed E-state index contributed by atoms with van der Waals surface area (Å²) >= 11 is 1.61. The van der Waals surface area contributed by atoms with Gasteiger partial charge in [-0.15, -0.1) is 11.3 Å². The summed E-state index contributed by atoms with van der Waals surface area (Å²) in [4.78, 5) is 8.14. The van der Waals surface area contributed by atoms with Crippen LogP contribution in [0.15, 0.2) is 41.8 Å². The van der Waals surface area contributed by atoms with Gasteiger partial charge in [0.1, 0.15) is 0 Å². The van der Waals surface area contributed by atoms with Crippen LogP contribution < -0.4 is 11.1 Å². The fraction of sp³-hybridized carbons (Fsp3) is 0.211. The highest BCUT2D eigenvalue weighted by Crippen LogP contribution is 2.31. The lowest BCUT2D eigenvalue weighted by Crippen LogP contribution is -2.02. The fourth-order valence-corrected chi connectivity index (χ4v) is 3.88. The van der Waals surface area contributed by atoms with E-state index in [1.807, 2.05) is 0 Å². The maximum Gasteiger partial charge on any atom is 0.187 e. The highest BCUT2D eigenvalue weighted by molar-refractivity contribution is 7.13. The van der Waals surface area contributed by atoms with Crippen LogP contribution in [0.25, 0.3) is 21.8 Å². The number of hydrogen-bond acceptors (Lipinski definition) is 4. The summed E-state index contributed by atoms with van der Waals surface area (Å²) in [7, 11) is 0. The molecule has 122 valence electrons. The third-order valence-electron chi connectivity index (χ3n) is 4.30. The molecule has 2 heterocycles.